The fourth-order valence-corrected chi connectivity index (χ4v) is 2.35. The highest BCUT2D eigenvalue weighted by atomic mass is 19.4. The minimum absolute atomic E-state index is 0.179. The molecule has 0 saturated carbocycles. The van der Waals surface area contributed by atoms with Crippen LogP contribution in [0.15, 0.2) is 24.3 Å². The summed E-state index contributed by atoms with van der Waals surface area (Å²) in [6.07, 6.45) is -4.84. The van der Waals surface area contributed by atoms with Crippen LogP contribution in [0.5, 0.6) is 0 Å². The van der Waals surface area contributed by atoms with E-state index in [1.807, 2.05) is 24.3 Å². The third-order valence-corrected chi connectivity index (χ3v) is 3.26. The van der Waals surface area contributed by atoms with Crippen LogP contribution in [-0.4, -0.2) is 36.5 Å². The van der Waals surface area contributed by atoms with Crippen molar-refractivity contribution < 1.29 is 27.8 Å². The lowest BCUT2D eigenvalue weighted by Crippen LogP contribution is -2.34. The zero-order chi connectivity index (χ0) is 15.5. The van der Waals surface area contributed by atoms with E-state index >= 15 is 0 Å². The molecule has 4 nitrogen and oxygen atoms in total. The lowest BCUT2D eigenvalue weighted by molar-refractivity contribution is -0.174. The van der Waals surface area contributed by atoms with E-state index in [1.165, 1.54) is 0 Å². The first-order valence-corrected chi connectivity index (χ1v) is 6.56. The Morgan fingerprint density at radius 1 is 1.38 bits per heavy atom. The summed E-state index contributed by atoms with van der Waals surface area (Å²) >= 11 is 0. The van der Waals surface area contributed by atoms with E-state index in [0.717, 1.165) is 11.1 Å². The predicted octanol–water partition coefficient (Wildman–Crippen LogP) is 1.73. The molecule has 0 aromatic heterocycles. The second-order valence-corrected chi connectivity index (χ2v) is 4.93. The molecule has 1 aliphatic carbocycles. The van der Waals surface area contributed by atoms with Crippen molar-refractivity contribution in [2.45, 2.75) is 31.2 Å². The number of aliphatic hydroxyl groups is 1. The van der Waals surface area contributed by atoms with Gasteiger partial charge in [0.1, 0.15) is 6.61 Å². The second-order valence-electron chi connectivity index (χ2n) is 4.93. The molecule has 0 heterocycles. The number of aliphatic hydroxyl groups excluding tert-OH is 1. The summed E-state index contributed by atoms with van der Waals surface area (Å²) in [5.41, 5.74) is 1.80. The van der Waals surface area contributed by atoms with Crippen LogP contribution >= 0.6 is 0 Å². The van der Waals surface area contributed by atoms with Crippen LogP contribution in [0.3, 0.4) is 0 Å². The largest absolute Gasteiger partial charge is 0.411 e. The zero-order valence-corrected chi connectivity index (χ0v) is 11.2. The summed E-state index contributed by atoms with van der Waals surface area (Å²) in [5.74, 6) is -0.446. The smallest absolute Gasteiger partial charge is 0.390 e. The summed E-state index contributed by atoms with van der Waals surface area (Å²) in [7, 11) is 0. The number of hydrogen-bond acceptors (Lipinski definition) is 3. The molecule has 7 heteroatoms. The van der Waals surface area contributed by atoms with Crippen molar-refractivity contribution in [1.82, 2.24) is 5.32 Å². The van der Waals surface area contributed by atoms with Gasteiger partial charge in [-0.05, 0) is 11.1 Å². The van der Waals surface area contributed by atoms with Gasteiger partial charge in [-0.2, -0.15) is 13.2 Å². The fraction of sp³-hybridized carbons (Fsp3) is 0.500. The molecule has 116 valence electrons. The maximum Gasteiger partial charge on any atom is 0.411 e. The maximum atomic E-state index is 11.9. The van der Waals surface area contributed by atoms with Gasteiger partial charge >= 0.3 is 6.18 Å². The van der Waals surface area contributed by atoms with E-state index in [9.17, 15) is 23.1 Å². The Bertz CT molecular complexity index is 504. The van der Waals surface area contributed by atoms with Gasteiger partial charge in [-0.1, -0.05) is 24.3 Å². The number of hydrogen-bond donors (Lipinski definition) is 2. The Morgan fingerprint density at radius 3 is 2.81 bits per heavy atom. The van der Waals surface area contributed by atoms with Crippen molar-refractivity contribution in [3.63, 3.8) is 0 Å². The van der Waals surface area contributed by atoms with Gasteiger partial charge in [-0.15, -0.1) is 0 Å². The molecule has 2 rings (SSSR count). The fourth-order valence-electron chi connectivity index (χ4n) is 2.35. The first-order valence-electron chi connectivity index (χ1n) is 6.56. The maximum absolute atomic E-state index is 11.9. The van der Waals surface area contributed by atoms with E-state index in [1.54, 1.807) is 0 Å². The highest BCUT2D eigenvalue weighted by Gasteiger charge is 2.32. The van der Waals surface area contributed by atoms with Crippen LogP contribution in [0.4, 0.5) is 13.2 Å². The van der Waals surface area contributed by atoms with Crippen molar-refractivity contribution in [1.29, 1.82) is 0 Å². The molecule has 0 aliphatic heterocycles. The van der Waals surface area contributed by atoms with Crippen LogP contribution in [0.25, 0.3) is 0 Å². The molecule has 1 aromatic carbocycles. The Morgan fingerprint density at radius 2 is 2.10 bits per heavy atom. The van der Waals surface area contributed by atoms with Crippen LogP contribution < -0.4 is 5.32 Å². The van der Waals surface area contributed by atoms with Gasteiger partial charge in [-0.25, -0.2) is 0 Å². The van der Waals surface area contributed by atoms with Gasteiger partial charge in [0.15, 0.2) is 0 Å². The molecule has 0 fully saturated rings. The molecule has 21 heavy (non-hydrogen) atoms. The predicted molar refractivity (Wildman–Crippen MR) is 68.5 cm³/mol. The normalized spacial score (nSPS) is 21.1. The van der Waals surface area contributed by atoms with Crippen molar-refractivity contribution in [3.05, 3.63) is 35.4 Å². The molecular weight excluding hydrogens is 287 g/mol. The van der Waals surface area contributed by atoms with E-state index < -0.39 is 30.8 Å². The van der Waals surface area contributed by atoms with Gasteiger partial charge in [-0.3, -0.25) is 4.79 Å². The third-order valence-electron chi connectivity index (χ3n) is 3.26. The monoisotopic (exact) mass is 303 g/mol. The first-order chi connectivity index (χ1) is 9.87. The Kier molecular flexibility index (Phi) is 4.84. The summed E-state index contributed by atoms with van der Waals surface area (Å²) in [5, 5.41) is 12.6. The molecule has 0 saturated heterocycles. The Hall–Kier alpha value is -1.60. The Balaban J connectivity index is 1.81. The first kappa shape index (κ1) is 15.8. The number of rotatable bonds is 5. The number of halogens is 3. The average Bonchev–Trinajstić information content (AvgIpc) is 2.70. The minimum Gasteiger partial charge on any atom is -0.390 e. The molecule has 1 aliphatic rings. The molecule has 2 unspecified atom stereocenters. The number of ether oxygens (including phenoxy) is 1. The zero-order valence-electron chi connectivity index (χ0n) is 11.2. The average molecular weight is 303 g/mol. The number of fused-ring (bicyclic) bond motifs is 1. The molecule has 2 N–H and O–H groups in total. The van der Waals surface area contributed by atoms with Gasteiger partial charge < -0.3 is 15.2 Å². The summed E-state index contributed by atoms with van der Waals surface area (Å²) in [6.45, 7) is -1.68. The van der Waals surface area contributed by atoms with Crippen LogP contribution in [-0.2, 0) is 16.0 Å². The van der Waals surface area contributed by atoms with E-state index in [-0.39, 0.29) is 13.0 Å². The lowest BCUT2D eigenvalue weighted by atomic mass is 10.1. The number of alkyl halides is 3. The Labute approximate surface area is 119 Å². The molecular formula is C14H16F3NO3. The van der Waals surface area contributed by atoms with Gasteiger partial charge in [0.05, 0.1) is 18.8 Å². The quantitative estimate of drug-likeness (QED) is 0.815. The van der Waals surface area contributed by atoms with Crippen molar-refractivity contribution in [2.24, 2.45) is 0 Å². The number of benzene rings is 1. The van der Waals surface area contributed by atoms with Crippen LogP contribution in [0, 0.1) is 0 Å². The summed E-state index contributed by atoms with van der Waals surface area (Å²) < 4.78 is 40.0. The van der Waals surface area contributed by atoms with E-state index in [4.69, 9.17) is 0 Å². The number of carbonyl (C=O) groups is 1. The van der Waals surface area contributed by atoms with Gasteiger partial charge in [0, 0.05) is 12.8 Å². The second kappa shape index (κ2) is 6.44. The number of carbonyl (C=O) groups excluding carboxylic acids is 1. The van der Waals surface area contributed by atoms with E-state index in [0.29, 0.717) is 6.42 Å². The lowest BCUT2D eigenvalue weighted by Gasteiger charge is -2.18. The third kappa shape index (κ3) is 4.44. The molecule has 0 spiro atoms. The van der Waals surface area contributed by atoms with Crippen molar-refractivity contribution in [2.75, 3.05) is 13.2 Å². The van der Waals surface area contributed by atoms with Crippen molar-refractivity contribution in [3.8, 4) is 0 Å². The molecule has 1 aromatic rings. The van der Waals surface area contributed by atoms with Gasteiger partial charge in [0.2, 0.25) is 5.91 Å². The van der Waals surface area contributed by atoms with Crippen molar-refractivity contribution >= 4 is 5.91 Å². The molecule has 1 amide bonds. The SMILES string of the molecule is O=C(CCOCC(F)(F)F)NC1c2ccccc2CC1O. The highest BCUT2D eigenvalue weighted by Crippen LogP contribution is 2.31. The summed E-state index contributed by atoms with van der Waals surface area (Å²) in [6, 6.07) is 6.83. The molecule has 0 bridgehead atoms. The highest BCUT2D eigenvalue weighted by molar-refractivity contribution is 5.76. The van der Waals surface area contributed by atoms with E-state index in [2.05, 4.69) is 10.1 Å². The minimum atomic E-state index is -4.39. The molecule has 2 atom stereocenters. The van der Waals surface area contributed by atoms with Crippen LogP contribution in [0.1, 0.15) is 23.6 Å². The number of nitrogens with one attached hydrogen (secondary N) is 1. The molecule has 0 radical (unpaired) electrons. The summed E-state index contributed by atoms with van der Waals surface area (Å²) in [4.78, 5) is 11.7. The topological polar surface area (TPSA) is 58.6 Å². The standard InChI is InChI=1S/C14H16F3NO3/c15-14(16,17)8-21-6-5-12(20)18-13-10-4-2-1-3-9(10)7-11(13)19/h1-4,11,13,19H,5-8H2,(H,18,20). The number of amides is 1. The van der Waals surface area contributed by atoms with Crippen LogP contribution in [0.2, 0.25) is 0 Å². The van der Waals surface area contributed by atoms with Gasteiger partial charge in [0.25, 0.3) is 0 Å².